The highest BCUT2D eigenvalue weighted by atomic mass is 16.5. The van der Waals surface area contributed by atoms with Crippen LogP contribution in [0, 0.1) is 0 Å². The first kappa shape index (κ1) is 19.3. The predicted octanol–water partition coefficient (Wildman–Crippen LogP) is 2.48. The van der Waals surface area contributed by atoms with E-state index in [1.807, 2.05) is 28.9 Å². The van der Waals surface area contributed by atoms with E-state index in [0.29, 0.717) is 12.5 Å². The van der Waals surface area contributed by atoms with Gasteiger partial charge < -0.3 is 14.5 Å². The summed E-state index contributed by atoms with van der Waals surface area (Å²) in [5.74, 6) is 0.206. The molecule has 3 heterocycles. The Morgan fingerprint density at radius 1 is 1.29 bits per heavy atom. The van der Waals surface area contributed by atoms with E-state index < -0.39 is 0 Å². The number of fused-ring (bicyclic) bond motifs is 1. The highest BCUT2D eigenvalue weighted by Gasteiger charge is 2.31. The zero-order valence-corrected chi connectivity index (χ0v) is 17.0. The van der Waals surface area contributed by atoms with Gasteiger partial charge in [0.15, 0.2) is 0 Å². The fourth-order valence-corrected chi connectivity index (χ4v) is 4.44. The van der Waals surface area contributed by atoms with Crippen LogP contribution in [0.2, 0.25) is 0 Å². The maximum absolute atomic E-state index is 13.3. The topological polar surface area (TPSA) is 63.5 Å². The van der Waals surface area contributed by atoms with Crippen LogP contribution in [0.1, 0.15) is 45.1 Å². The number of hydrogen-bond donors (Lipinski definition) is 0. The fraction of sp³-hybridized carbons (Fsp3) is 0.667. The molecule has 2 aliphatic heterocycles. The van der Waals surface area contributed by atoms with E-state index in [1.165, 1.54) is 0 Å². The second-order valence-electron chi connectivity index (χ2n) is 8.29. The molecule has 7 nitrogen and oxygen atoms in total. The third-order valence-electron chi connectivity index (χ3n) is 6.14. The summed E-state index contributed by atoms with van der Waals surface area (Å²) in [5.41, 5.74) is 1.85. The largest absolute Gasteiger partial charge is 0.376 e. The van der Waals surface area contributed by atoms with E-state index in [2.05, 4.69) is 34.1 Å². The van der Waals surface area contributed by atoms with Gasteiger partial charge in [-0.2, -0.15) is 0 Å². The van der Waals surface area contributed by atoms with E-state index >= 15 is 0 Å². The third kappa shape index (κ3) is 4.20. The molecule has 1 aromatic carbocycles. The molecule has 1 amide bonds. The normalized spacial score (nSPS) is 22.6. The van der Waals surface area contributed by atoms with Gasteiger partial charge in [-0.25, -0.2) is 4.68 Å². The van der Waals surface area contributed by atoms with Crippen molar-refractivity contribution in [1.82, 2.24) is 24.8 Å². The lowest BCUT2D eigenvalue weighted by molar-refractivity contribution is -0.137. The molecule has 2 saturated heterocycles. The number of carbonyl (C=O) groups excluding carboxylic acids is 1. The van der Waals surface area contributed by atoms with Crippen molar-refractivity contribution in [2.45, 2.75) is 57.2 Å². The van der Waals surface area contributed by atoms with Crippen LogP contribution in [0.4, 0.5) is 0 Å². The van der Waals surface area contributed by atoms with Crippen LogP contribution in [0.15, 0.2) is 24.3 Å². The first-order valence-corrected chi connectivity index (χ1v) is 10.5. The zero-order chi connectivity index (χ0) is 19.5. The van der Waals surface area contributed by atoms with Crippen LogP contribution in [0.25, 0.3) is 11.0 Å². The van der Waals surface area contributed by atoms with Crippen LogP contribution < -0.4 is 0 Å². The average Bonchev–Trinajstić information content (AvgIpc) is 3.36. The lowest BCUT2D eigenvalue weighted by Crippen LogP contribution is -2.49. The second-order valence-corrected chi connectivity index (χ2v) is 8.29. The Balaban J connectivity index is 1.47. The minimum absolute atomic E-state index is 0.0295. The van der Waals surface area contributed by atoms with Crippen molar-refractivity contribution in [2.24, 2.45) is 0 Å². The van der Waals surface area contributed by atoms with Crippen molar-refractivity contribution < 1.29 is 9.53 Å². The lowest BCUT2D eigenvalue weighted by atomic mass is 10.0. The Kier molecular flexibility index (Phi) is 5.92. The lowest BCUT2D eigenvalue weighted by Gasteiger charge is -2.38. The number of hydrogen-bond acceptors (Lipinski definition) is 5. The Morgan fingerprint density at radius 2 is 2.07 bits per heavy atom. The van der Waals surface area contributed by atoms with Crippen molar-refractivity contribution in [3.63, 3.8) is 0 Å². The van der Waals surface area contributed by atoms with Crippen LogP contribution in [-0.2, 0) is 9.53 Å². The fourth-order valence-electron chi connectivity index (χ4n) is 4.44. The van der Waals surface area contributed by atoms with Crippen molar-refractivity contribution in [3.8, 4) is 0 Å². The first-order chi connectivity index (χ1) is 13.6. The number of para-hydroxylation sites is 1. The predicted molar refractivity (Wildman–Crippen MR) is 108 cm³/mol. The standard InChI is InChI=1S/C21H31N5O2/c1-16(26-20-8-4-3-7-19(20)22-23-26)14-21(27)25(15-18-6-5-13-28-18)17-9-11-24(2)12-10-17/h3-4,7-8,16-18H,5-6,9-15H2,1-2H3/t16-,18-/m1/s1. The number of likely N-dealkylation sites (tertiary alicyclic amines) is 1. The van der Waals surface area contributed by atoms with Gasteiger partial charge in [0.05, 0.1) is 17.7 Å². The van der Waals surface area contributed by atoms with Crippen molar-refractivity contribution in [2.75, 3.05) is 33.3 Å². The number of nitrogens with zero attached hydrogens (tertiary/aromatic N) is 5. The minimum Gasteiger partial charge on any atom is -0.376 e. The number of benzene rings is 1. The zero-order valence-electron chi connectivity index (χ0n) is 17.0. The van der Waals surface area contributed by atoms with E-state index in [4.69, 9.17) is 4.74 Å². The van der Waals surface area contributed by atoms with Crippen molar-refractivity contribution in [1.29, 1.82) is 0 Å². The van der Waals surface area contributed by atoms with Gasteiger partial charge in [0.25, 0.3) is 0 Å². The van der Waals surface area contributed by atoms with Gasteiger partial charge in [0.1, 0.15) is 5.52 Å². The molecule has 2 fully saturated rings. The molecule has 0 N–H and O–H groups in total. The molecule has 152 valence electrons. The summed E-state index contributed by atoms with van der Waals surface area (Å²) in [6, 6.07) is 8.19. The molecule has 0 aliphatic carbocycles. The van der Waals surface area contributed by atoms with Gasteiger partial charge in [-0.15, -0.1) is 5.10 Å². The van der Waals surface area contributed by atoms with Crippen LogP contribution in [0.3, 0.4) is 0 Å². The van der Waals surface area contributed by atoms with Crippen LogP contribution in [0.5, 0.6) is 0 Å². The Bertz CT molecular complexity index is 793. The minimum atomic E-state index is -0.0295. The van der Waals surface area contributed by atoms with Gasteiger partial charge in [-0.1, -0.05) is 17.3 Å². The molecule has 2 aromatic rings. The molecule has 4 rings (SSSR count). The number of aromatic nitrogens is 3. The van der Waals surface area contributed by atoms with Crippen LogP contribution in [-0.4, -0.2) is 76.1 Å². The van der Waals surface area contributed by atoms with Gasteiger partial charge in [-0.3, -0.25) is 4.79 Å². The molecule has 0 saturated carbocycles. The summed E-state index contributed by atoms with van der Waals surface area (Å²) in [7, 11) is 2.15. The number of ether oxygens (including phenoxy) is 1. The molecule has 0 bridgehead atoms. The number of rotatable bonds is 6. The van der Waals surface area contributed by atoms with E-state index in [1.54, 1.807) is 0 Å². The number of piperidine rings is 1. The van der Waals surface area contributed by atoms with Gasteiger partial charge in [-0.05, 0) is 64.9 Å². The van der Waals surface area contributed by atoms with E-state index in [9.17, 15) is 4.79 Å². The number of amides is 1. The Labute approximate surface area is 166 Å². The highest BCUT2D eigenvalue weighted by Crippen LogP contribution is 2.24. The molecular formula is C21H31N5O2. The molecule has 7 heteroatoms. The molecule has 2 atom stereocenters. The molecule has 28 heavy (non-hydrogen) atoms. The summed E-state index contributed by atoms with van der Waals surface area (Å²) in [5, 5.41) is 8.53. The maximum atomic E-state index is 13.3. The van der Waals surface area contributed by atoms with E-state index in [-0.39, 0.29) is 18.1 Å². The summed E-state index contributed by atoms with van der Waals surface area (Å²) in [4.78, 5) is 17.8. The maximum Gasteiger partial charge on any atom is 0.225 e. The quantitative estimate of drug-likeness (QED) is 0.764. The SMILES string of the molecule is C[C@H](CC(=O)N(C[C@H]1CCCO1)C1CCN(C)CC1)n1nnc2ccccc21. The summed E-state index contributed by atoms with van der Waals surface area (Å²) < 4.78 is 7.73. The van der Waals surface area contributed by atoms with Crippen LogP contribution >= 0.6 is 0 Å². The summed E-state index contributed by atoms with van der Waals surface area (Å²) >= 11 is 0. The van der Waals surface area contributed by atoms with E-state index in [0.717, 1.165) is 63.0 Å². The average molecular weight is 386 g/mol. The van der Waals surface area contributed by atoms with Gasteiger partial charge in [0, 0.05) is 25.6 Å². The van der Waals surface area contributed by atoms with Gasteiger partial charge >= 0.3 is 0 Å². The van der Waals surface area contributed by atoms with Crippen molar-refractivity contribution >= 4 is 16.9 Å². The highest BCUT2D eigenvalue weighted by molar-refractivity contribution is 5.78. The molecule has 0 radical (unpaired) electrons. The smallest absolute Gasteiger partial charge is 0.225 e. The van der Waals surface area contributed by atoms with Gasteiger partial charge in [0.2, 0.25) is 5.91 Å². The Hall–Kier alpha value is -1.99. The Morgan fingerprint density at radius 3 is 2.82 bits per heavy atom. The second kappa shape index (κ2) is 8.57. The summed E-state index contributed by atoms with van der Waals surface area (Å²) in [6.45, 7) is 5.68. The molecule has 0 unspecified atom stereocenters. The molecule has 2 aliphatic rings. The molecule has 1 aromatic heterocycles. The first-order valence-electron chi connectivity index (χ1n) is 10.5. The third-order valence-corrected chi connectivity index (χ3v) is 6.14. The molecular weight excluding hydrogens is 354 g/mol. The number of carbonyl (C=O) groups is 1. The monoisotopic (exact) mass is 385 g/mol. The summed E-state index contributed by atoms with van der Waals surface area (Å²) in [6.07, 6.45) is 4.85. The van der Waals surface area contributed by atoms with Crippen molar-refractivity contribution in [3.05, 3.63) is 24.3 Å². The molecule has 0 spiro atoms.